The highest BCUT2D eigenvalue weighted by Gasteiger charge is 2.16. The number of nitrogens with zero attached hydrogens (tertiary/aromatic N) is 1. The van der Waals surface area contributed by atoms with Gasteiger partial charge in [-0.05, 0) is 49.0 Å². The molecule has 0 saturated heterocycles. The largest absolute Gasteiger partial charge is 0.330 e. The van der Waals surface area contributed by atoms with Gasteiger partial charge >= 0.3 is 0 Å². The Morgan fingerprint density at radius 3 is 2.45 bits per heavy atom. The van der Waals surface area contributed by atoms with E-state index in [0.29, 0.717) is 9.99 Å². The minimum Gasteiger partial charge on any atom is -0.330 e. The van der Waals surface area contributed by atoms with Gasteiger partial charge in [0, 0.05) is 4.47 Å². The maximum absolute atomic E-state index is 14.1. The molecule has 1 N–H and O–H groups in total. The maximum atomic E-state index is 14.1. The molecule has 3 aromatic rings. The third-order valence-electron chi connectivity index (χ3n) is 3.04. The summed E-state index contributed by atoms with van der Waals surface area (Å²) in [5, 5.41) is 0. The van der Waals surface area contributed by atoms with E-state index >= 15 is 0 Å². The fraction of sp³-hybridized carbons (Fsp3) is 0.0714. The molecule has 102 valence electrons. The van der Waals surface area contributed by atoms with Crippen LogP contribution in [0.4, 0.5) is 8.78 Å². The second-order valence-electron chi connectivity index (χ2n) is 4.50. The lowest BCUT2D eigenvalue weighted by atomic mass is 10.2. The van der Waals surface area contributed by atoms with Gasteiger partial charge in [-0.25, -0.2) is 8.78 Å². The molecule has 0 atom stereocenters. The highest BCUT2D eigenvalue weighted by Crippen LogP contribution is 2.27. The van der Waals surface area contributed by atoms with Gasteiger partial charge in [-0.3, -0.25) is 4.57 Å². The van der Waals surface area contributed by atoms with Gasteiger partial charge < -0.3 is 4.98 Å². The summed E-state index contributed by atoms with van der Waals surface area (Å²) in [7, 11) is 0. The van der Waals surface area contributed by atoms with Gasteiger partial charge in [0.05, 0.1) is 11.0 Å². The number of aryl methyl sites for hydroxylation is 1. The third kappa shape index (κ3) is 2.09. The first-order valence-corrected chi connectivity index (χ1v) is 7.04. The van der Waals surface area contributed by atoms with Gasteiger partial charge in [-0.2, -0.15) is 0 Å². The number of fused-ring (bicyclic) bond motifs is 1. The first kappa shape index (κ1) is 13.5. The molecule has 2 nitrogen and oxygen atoms in total. The number of H-pyrrole nitrogens is 1. The summed E-state index contributed by atoms with van der Waals surface area (Å²) in [5.74, 6) is -1.34. The summed E-state index contributed by atoms with van der Waals surface area (Å²) >= 11 is 8.26. The van der Waals surface area contributed by atoms with Crippen LogP contribution in [0.25, 0.3) is 16.7 Å². The molecule has 0 unspecified atom stereocenters. The minimum atomic E-state index is -0.671. The SMILES string of the molecule is Cc1ccc2[nH]c(=S)n(-c3c(F)cc(Br)cc3F)c2c1. The average molecular weight is 355 g/mol. The normalized spacial score (nSPS) is 11.2. The zero-order valence-corrected chi connectivity index (χ0v) is 12.8. The smallest absolute Gasteiger partial charge is 0.182 e. The van der Waals surface area contributed by atoms with Gasteiger partial charge in [0.1, 0.15) is 5.69 Å². The number of nitrogens with one attached hydrogen (secondary N) is 1. The van der Waals surface area contributed by atoms with Gasteiger partial charge in [-0.1, -0.05) is 22.0 Å². The molecule has 0 radical (unpaired) electrons. The molecule has 1 aromatic heterocycles. The molecule has 0 fully saturated rings. The fourth-order valence-corrected chi connectivity index (χ4v) is 2.88. The van der Waals surface area contributed by atoms with Crippen LogP contribution in [0.1, 0.15) is 5.56 Å². The molecule has 3 rings (SSSR count). The first-order chi connectivity index (χ1) is 9.47. The molecule has 0 bridgehead atoms. The molecule has 20 heavy (non-hydrogen) atoms. The van der Waals surface area contributed by atoms with Gasteiger partial charge in [0.25, 0.3) is 0 Å². The molecule has 0 amide bonds. The van der Waals surface area contributed by atoms with E-state index in [1.807, 2.05) is 25.1 Å². The molecule has 6 heteroatoms. The number of imidazole rings is 1. The lowest BCUT2D eigenvalue weighted by molar-refractivity contribution is 0.569. The first-order valence-electron chi connectivity index (χ1n) is 5.83. The summed E-state index contributed by atoms with van der Waals surface area (Å²) in [4.78, 5) is 2.95. The van der Waals surface area contributed by atoms with E-state index < -0.39 is 11.6 Å². The Hall–Kier alpha value is -1.53. The number of hydrogen-bond acceptors (Lipinski definition) is 1. The van der Waals surface area contributed by atoms with Crippen molar-refractivity contribution in [2.45, 2.75) is 6.92 Å². The van der Waals surface area contributed by atoms with E-state index in [4.69, 9.17) is 12.2 Å². The Morgan fingerprint density at radius 1 is 1.15 bits per heavy atom. The van der Waals surface area contributed by atoms with E-state index in [9.17, 15) is 8.78 Å². The van der Waals surface area contributed by atoms with Crippen LogP contribution in [-0.2, 0) is 0 Å². The lowest BCUT2D eigenvalue weighted by Gasteiger charge is -2.08. The lowest BCUT2D eigenvalue weighted by Crippen LogP contribution is -2.02. The van der Waals surface area contributed by atoms with Crippen LogP contribution in [0.5, 0.6) is 0 Å². The Balaban J connectivity index is 2.44. The topological polar surface area (TPSA) is 20.7 Å². The number of rotatable bonds is 1. The Morgan fingerprint density at radius 2 is 1.80 bits per heavy atom. The van der Waals surface area contributed by atoms with Crippen molar-refractivity contribution in [3.63, 3.8) is 0 Å². The van der Waals surface area contributed by atoms with Gasteiger partial charge in [0.2, 0.25) is 0 Å². The van der Waals surface area contributed by atoms with Crippen molar-refractivity contribution in [3.05, 3.63) is 56.8 Å². The summed E-state index contributed by atoms with van der Waals surface area (Å²) in [6, 6.07) is 8.02. The second kappa shape index (κ2) is 4.79. The van der Waals surface area contributed by atoms with E-state index in [0.717, 1.165) is 11.1 Å². The molecular formula is C14H9BrF2N2S. The second-order valence-corrected chi connectivity index (χ2v) is 5.81. The summed E-state index contributed by atoms with van der Waals surface area (Å²) in [6.07, 6.45) is 0. The summed E-state index contributed by atoms with van der Waals surface area (Å²) in [5.41, 5.74) is 2.20. The Bertz CT molecular complexity index is 859. The molecule has 0 aliphatic rings. The average Bonchev–Trinajstić information content (AvgIpc) is 2.65. The number of aromatic nitrogens is 2. The van der Waals surface area contributed by atoms with Gasteiger partial charge in [0.15, 0.2) is 16.4 Å². The fourth-order valence-electron chi connectivity index (χ4n) is 2.18. The number of hydrogen-bond donors (Lipinski definition) is 1. The number of benzene rings is 2. The third-order valence-corrected chi connectivity index (χ3v) is 3.79. The molecule has 0 saturated carbocycles. The predicted molar refractivity (Wildman–Crippen MR) is 80.8 cm³/mol. The molecule has 1 heterocycles. The van der Waals surface area contributed by atoms with Crippen molar-refractivity contribution in [2.75, 3.05) is 0 Å². The van der Waals surface area contributed by atoms with Crippen LogP contribution in [0.15, 0.2) is 34.8 Å². The Kier molecular flexibility index (Phi) is 3.22. The van der Waals surface area contributed by atoms with Crippen LogP contribution in [0.3, 0.4) is 0 Å². The summed E-state index contributed by atoms with van der Waals surface area (Å²) in [6.45, 7) is 1.91. The van der Waals surface area contributed by atoms with Crippen molar-refractivity contribution in [2.24, 2.45) is 0 Å². The van der Waals surface area contributed by atoms with Crippen LogP contribution < -0.4 is 0 Å². The summed E-state index contributed by atoms with van der Waals surface area (Å²) < 4.78 is 30.2. The maximum Gasteiger partial charge on any atom is 0.182 e. The van der Waals surface area contributed by atoms with Crippen LogP contribution >= 0.6 is 28.1 Å². The van der Waals surface area contributed by atoms with E-state index in [2.05, 4.69) is 20.9 Å². The van der Waals surface area contributed by atoms with Crippen molar-refractivity contribution >= 4 is 39.2 Å². The van der Waals surface area contributed by atoms with Crippen molar-refractivity contribution < 1.29 is 8.78 Å². The quantitative estimate of drug-likeness (QED) is 0.607. The van der Waals surface area contributed by atoms with Crippen LogP contribution in [0, 0.1) is 23.3 Å². The van der Waals surface area contributed by atoms with Crippen molar-refractivity contribution in [1.82, 2.24) is 9.55 Å². The van der Waals surface area contributed by atoms with Crippen molar-refractivity contribution in [3.8, 4) is 5.69 Å². The predicted octanol–water partition coefficient (Wildman–Crippen LogP) is 5.04. The molecule has 2 aromatic carbocycles. The Labute approximate surface area is 127 Å². The van der Waals surface area contributed by atoms with E-state index in [1.54, 1.807) is 0 Å². The monoisotopic (exact) mass is 354 g/mol. The molecular weight excluding hydrogens is 346 g/mol. The van der Waals surface area contributed by atoms with E-state index in [-0.39, 0.29) is 10.5 Å². The zero-order chi connectivity index (χ0) is 14.4. The highest BCUT2D eigenvalue weighted by atomic mass is 79.9. The van der Waals surface area contributed by atoms with Crippen LogP contribution in [-0.4, -0.2) is 9.55 Å². The van der Waals surface area contributed by atoms with E-state index in [1.165, 1.54) is 16.7 Å². The standard InChI is InChI=1S/C14H9BrF2N2S/c1-7-2-3-11-12(4-7)19(14(20)18-11)13-9(16)5-8(15)6-10(13)17/h2-6H,1H3,(H,18,20). The molecule has 0 aliphatic heterocycles. The highest BCUT2D eigenvalue weighted by molar-refractivity contribution is 9.10. The number of halogens is 3. The molecule has 0 spiro atoms. The van der Waals surface area contributed by atoms with Gasteiger partial charge in [-0.15, -0.1) is 0 Å². The number of aromatic amines is 1. The minimum absolute atomic E-state index is 0.171. The molecule has 0 aliphatic carbocycles. The van der Waals surface area contributed by atoms with Crippen LogP contribution in [0.2, 0.25) is 0 Å². The van der Waals surface area contributed by atoms with Crippen molar-refractivity contribution in [1.29, 1.82) is 0 Å². The zero-order valence-electron chi connectivity index (χ0n) is 10.4.